The maximum atomic E-state index is 12.1. The molecule has 5 nitrogen and oxygen atoms in total. The second-order valence-corrected chi connectivity index (χ2v) is 6.72. The number of anilines is 1. The normalized spacial score (nSPS) is 15.0. The van der Waals surface area contributed by atoms with Crippen molar-refractivity contribution in [3.63, 3.8) is 0 Å². The van der Waals surface area contributed by atoms with Gasteiger partial charge < -0.3 is 15.5 Å². The molecule has 5 heteroatoms. The second kappa shape index (κ2) is 10.2. The first-order chi connectivity index (χ1) is 12.1. The zero-order valence-corrected chi connectivity index (χ0v) is 15.5. The third kappa shape index (κ3) is 6.50. The van der Waals surface area contributed by atoms with Crippen LogP contribution in [-0.4, -0.2) is 42.9 Å². The number of carbonyl (C=O) groups excluding carboxylic acids is 2. The molecule has 2 N–H and O–H groups in total. The van der Waals surface area contributed by atoms with E-state index in [1.165, 1.54) is 12.8 Å². The summed E-state index contributed by atoms with van der Waals surface area (Å²) in [5.41, 5.74) is 1.78. The Hall–Kier alpha value is -1.88. The van der Waals surface area contributed by atoms with Crippen molar-refractivity contribution in [2.24, 2.45) is 5.92 Å². The molecule has 0 aliphatic carbocycles. The van der Waals surface area contributed by atoms with Gasteiger partial charge in [-0.3, -0.25) is 9.59 Å². The monoisotopic (exact) mass is 345 g/mol. The summed E-state index contributed by atoms with van der Waals surface area (Å²) in [7, 11) is 0. The standard InChI is InChI=1S/C20H31N3O2/c1-3-23(4-2)20(25)15-17-5-8-18(9-6-17)22-19(24)10-7-16-11-13-21-14-12-16/h5-6,8-9,16,21H,3-4,7,10-15H2,1-2H3,(H,22,24). The van der Waals surface area contributed by atoms with Gasteiger partial charge in [-0.15, -0.1) is 0 Å². The zero-order valence-electron chi connectivity index (χ0n) is 15.5. The van der Waals surface area contributed by atoms with Gasteiger partial charge >= 0.3 is 0 Å². The van der Waals surface area contributed by atoms with E-state index in [9.17, 15) is 9.59 Å². The number of carbonyl (C=O) groups is 2. The van der Waals surface area contributed by atoms with Crippen LogP contribution < -0.4 is 10.6 Å². The highest BCUT2D eigenvalue weighted by atomic mass is 16.2. The van der Waals surface area contributed by atoms with Crippen LogP contribution in [0.4, 0.5) is 5.69 Å². The van der Waals surface area contributed by atoms with Gasteiger partial charge in [0.1, 0.15) is 0 Å². The molecule has 0 bridgehead atoms. The highest BCUT2D eigenvalue weighted by Crippen LogP contribution is 2.18. The van der Waals surface area contributed by atoms with Gasteiger partial charge in [-0.25, -0.2) is 0 Å². The van der Waals surface area contributed by atoms with E-state index in [0.717, 1.165) is 43.9 Å². The quantitative estimate of drug-likeness (QED) is 0.762. The number of likely N-dealkylation sites (N-methyl/N-ethyl adjacent to an activating group) is 1. The Morgan fingerprint density at radius 2 is 1.76 bits per heavy atom. The highest BCUT2D eigenvalue weighted by molar-refractivity contribution is 5.90. The van der Waals surface area contributed by atoms with Crippen LogP contribution >= 0.6 is 0 Å². The van der Waals surface area contributed by atoms with Crippen LogP contribution in [0.1, 0.15) is 45.1 Å². The third-order valence-electron chi connectivity index (χ3n) is 4.95. The number of hydrogen-bond acceptors (Lipinski definition) is 3. The van der Waals surface area contributed by atoms with Crippen molar-refractivity contribution in [2.45, 2.75) is 46.0 Å². The molecule has 1 fully saturated rings. The minimum Gasteiger partial charge on any atom is -0.343 e. The molecule has 0 radical (unpaired) electrons. The lowest BCUT2D eigenvalue weighted by Crippen LogP contribution is -2.31. The summed E-state index contributed by atoms with van der Waals surface area (Å²) in [4.78, 5) is 26.1. The number of nitrogens with one attached hydrogen (secondary N) is 2. The summed E-state index contributed by atoms with van der Waals surface area (Å²) in [6.45, 7) is 7.59. The first-order valence-corrected chi connectivity index (χ1v) is 9.49. The fourth-order valence-electron chi connectivity index (χ4n) is 3.30. The van der Waals surface area contributed by atoms with Crippen molar-refractivity contribution in [2.75, 3.05) is 31.5 Å². The molecule has 138 valence electrons. The predicted molar refractivity (Wildman–Crippen MR) is 102 cm³/mol. The topological polar surface area (TPSA) is 61.4 Å². The SMILES string of the molecule is CCN(CC)C(=O)Cc1ccc(NC(=O)CCC2CCNCC2)cc1. The third-order valence-corrected chi connectivity index (χ3v) is 4.95. The van der Waals surface area contributed by atoms with E-state index in [1.54, 1.807) is 0 Å². The Balaban J connectivity index is 1.77. The maximum absolute atomic E-state index is 12.1. The van der Waals surface area contributed by atoms with Crippen LogP contribution in [0.2, 0.25) is 0 Å². The Morgan fingerprint density at radius 3 is 2.36 bits per heavy atom. The summed E-state index contributed by atoms with van der Waals surface area (Å²) in [5.74, 6) is 0.884. The number of benzene rings is 1. The van der Waals surface area contributed by atoms with Crippen LogP contribution in [0.5, 0.6) is 0 Å². The minimum atomic E-state index is 0.0745. The fourth-order valence-corrected chi connectivity index (χ4v) is 3.30. The van der Waals surface area contributed by atoms with Crippen LogP contribution in [-0.2, 0) is 16.0 Å². The number of rotatable bonds is 8. The van der Waals surface area contributed by atoms with E-state index < -0.39 is 0 Å². The Kier molecular flexibility index (Phi) is 7.92. The number of piperidine rings is 1. The van der Waals surface area contributed by atoms with Crippen molar-refractivity contribution in [1.29, 1.82) is 0 Å². The molecule has 2 amide bonds. The number of nitrogens with zero attached hydrogens (tertiary/aromatic N) is 1. The maximum Gasteiger partial charge on any atom is 0.226 e. The molecule has 25 heavy (non-hydrogen) atoms. The van der Waals surface area contributed by atoms with Crippen molar-refractivity contribution in [1.82, 2.24) is 10.2 Å². The van der Waals surface area contributed by atoms with Gasteiger partial charge in [0.2, 0.25) is 11.8 Å². The second-order valence-electron chi connectivity index (χ2n) is 6.72. The van der Waals surface area contributed by atoms with Gasteiger partial charge in [0.25, 0.3) is 0 Å². The van der Waals surface area contributed by atoms with Gasteiger partial charge in [0.05, 0.1) is 6.42 Å². The molecular formula is C20H31N3O2. The molecule has 0 aromatic heterocycles. The number of hydrogen-bond donors (Lipinski definition) is 2. The average molecular weight is 345 g/mol. The highest BCUT2D eigenvalue weighted by Gasteiger charge is 2.15. The average Bonchev–Trinajstić information content (AvgIpc) is 2.63. The van der Waals surface area contributed by atoms with E-state index in [2.05, 4.69) is 10.6 Å². The summed E-state index contributed by atoms with van der Waals surface area (Å²) >= 11 is 0. The van der Waals surface area contributed by atoms with Crippen molar-refractivity contribution in [3.05, 3.63) is 29.8 Å². The van der Waals surface area contributed by atoms with Crippen LogP contribution in [0.15, 0.2) is 24.3 Å². The Bertz CT molecular complexity index is 547. The van der Waals surface area contributed by atoms with Gasteiger partial charge in [0, 0.05) is 25.2 Å². The van der Waals surface area contributed by atoms with Gasteiger partial charge in [-0.05, 0) is 69.8 Å². The summed E-state index contributed by atoms with van der Waals surface area (Å²) in [5, 5.41) is 6.30. The smallest absolute Gasteiger partial charge is 0.226 e. The molecule has 0 saturated carbocycles. The van der Waals surface area contributed by atoms with E-state index in [4.69, 9.17) is 0 Å². The lowest BCUT2D eigenvalue weighted by molar-refractivity contribution is -0.130. The lowest BCUT2D eigenvalue weighted by atomic mass is 9.93. The molecule has 0 atom stereocenters. The summed E-state index contributed by atoms with van der Waals surface area (Å²) < 4.78 is 0. The molecule has 0 unspecified atom stereocenters. The van der Waals surface area contributed by atoms with Crippen LogP contribution in [0.3, 0.4) is 0 Å². The van der Waals surface area contributed by atoms with E-state index in [1.807, 2.05) is 43.0 Å². The fraction of sp³-hybridized carbons (Fsp3) is 0.600. The van der Waals surface area contributed by atoms with Gasteiger partial charge in [-0.2, -0.15) is 0 Å². The molecule has 0 spiro atoms. The van der Waals surface area contributed by atoms with Crippen molar-refractivity contribution < 1.29 is 9.59 Å². The summed E-state index contributed by atoms with van der Waals surface area (Å²) in [6.07, 6.45) is 4.29. The molecule has 1 aliphatic heterocycles. The Labute approximate surface area is 151 Å². The molecule has 1 aromatic rings. The van der Waals surface area contributed by atoms with E-state index >= 15 is 0 Å². The van der Waals surface area contributed by atoms with Crippen LogP contribution in [0, 0.1) is 5.92 Å². The molecule has 2 rings (SSSR count). The molecule has 1 aliphatic rings. The molecule has 1 saturated heterocycles. The van der Waals surface area contributed by atoms with Crippen LogP contribution in [0.25, 0.3) is 0 Å². The first kappa shape index (κ1) is 19.4. The van der Waals surface area contributed by atoms with Crippen molar-refractivity contribution >= 4 is 17.5 Å². The predicted octanol–water partition coefficient (Wildman–Crippen LogP) is 2.82. The Morgan fingerprint density at radius 1 is 1.12 bits per heavy atom. The molecule has 1 heterocycles. The van der Waals surface area contributed by atoms with Gasteiger partial charge in [0.15, 0.2) is 0 Å². The minimum absolute atomic E-state index is 0.0745. The lowest BCUT2D eigenvalue weighted by Gasteiger charge is -2.22. The number of amides is 2. The van der Waals surface area contributed by atoms with E-state index in [-0.39, 0.29) is 11.8 Å². The van der Waals surface area contributed by atoms with E-state index in [0.29, 0.717) is 18.8 Å². The van der Waals surface area contributed by atoms with Crippen molar-refractivity contribution in [3.8, 4) is 0 Å². The molecule has 1 aromatic carbocycles. The first-order valence-electron chi connectivity index (χ1n) is 9.49. The zero-order chi connectivity index (χ0) is 18.1. The largest absolute Gasteiger partial charge is 0.343 e. The van der Waals surface area contributed by atoms with Gasteiger partial charge in [-0.1, -0.05) is 12.1 Å². The summed E-state index contributed by atoms with van der Waals surface area (Å²) in [6, 6.07) is 7.61. The molecular weight excluding hydrogens is 314 g/mol.